The first kappa shape index (κ1) is 17.7. The molecule has 0 unspecified atom stereocenters. The lowest BCUT2D eigenvalue weighted by Crippen LogP contribution is -2.25. The van der Waals surface area contributed by atoms with Gasteiger partial charge >= 0.3 is 0 Å². The highest BCUT2D eigenvalue weighted by Crippen LogP contribution is 2.38. The van der Waals surface area contributed by atoms with Gasteiger partial charge in [0, 0.05) is 12.0 Å². The molecule has 1 heterocycles. The average Bonchev–Trinajstić information content (AvgIpc) is 2.90. The lowest BCUT2D eigenvalue weighted by Gasteiger charge is -2.20. The molecule has 25 heavy (non-hydrogen) atoms. The van der Waals surface area contributed by atoms with Gasteiger partial charge in [-0.2, -0.15) is 5.10 Å². The average molecular weight is 359 g/mol. The van der Waals surface area contributed by atoms with Crippen molar-refractivity contribution in [2.75, 3.05) is 0 Å². The predicted octanol–water partition coefficient (Wildman–Crippen LogP) is 4.78. The third kappa shape index (κ3) is 3.61. The maximum atomic E-state index is 12.8. The van der Waals surface area contributed by atoms with Crippen molar-refractivity contribution in [3.63, 3.8) is 0 Å². The molecule has 1 aliphatic carbocycles. The first-order valence-electron chi connectivity index (χ1n) is 8.50. The second kappa shape index (κ2) is 7.39. The van der Waals surface area contributed by atoms with E-state index < -0.39 is 0 Å². The van der Waals surface area contributed by atoms with Gasteiger partial charge in [0.2, 0.25) is 5.91 Å². The second-order valence-electron chi connectivity index (χ2n) is 6.41. The zero-order chi connectivity index (χ0) is 18.0. The van der Waals surface area contributed by atoms with E-state index in [1.165, 1.54) is 28.9 Å². The Morgan fingerprint density at radius 3 is 2.60 bits per heavy atom. The number of carbonyl (C=O) groups is 1. The Balaban J connectivity index is 1.90. The van der Waals surface area contributed by atoms with Crippen molar-refractivity contribution in [2.24, 2.45) is 5.92 Å². The second-order valence-corrected chi connectivity index (χ2v) is 7.46. The minimum Gasteiger partial charge on any atom is -0.272 e. The molecule has 3 rings (SSSR count). The van der Waals surface area contributed by atoms with Crippen LogP contribution >= 0.6 is 11.8 Å². The van der Waals surface area contributed by atoms with Gasteiger partial charge in [0.25, 0.3) is 5.69 Å². The van der Waals surface area contributed by atoms with Gasteiger partial charge in [0.1, 0.15) is 0 Å². The Labute approximate surface area is 150 Å². The summed E-state index contributed by atoms with van der Waals surface area (Å²) in [7, 11) is 0. The smallest absolute Gasteiger partial charge is 0.272 e. The first-order chi connectivity index (χ1) is 12.0. The van der Waals surface area contributed by atoms with Crippen molar-refractivity contribution in [1.82, 2.24) is 9.78 Å². The highest BCUT2D eigenvalue weighted by atomic mass is 32.2. The zero-order valence-corrected chi connectivity index (χ0v) is 15.2. The zero-order valence-electron chi connectivity index (χ0n) is 14.4. The summed E-state index contributed by atoms with van der Waals surface area (Å²) in [5.74, 6) is 0.0883. The summed E-state index contributed by atoms with van der Waals surface area (Å²) < 4.78 is 1.50. The van der Waals surface area contributed by atoms with Gasteiger partial charge < -0.3 is 0 Å². The number of hydrogen-bond acceptors (Lipinski definition) is 5. The van der Waals surface area contributed by atoms with Crippen LogP contribution in [0.4, 0.5) is 5.69 Å². The number of nitrogens with zero attached hydrogens (tertiary/aromatic N) is 3. The van der Waals surface area contributed by atoms with Crippen LogP contribution in [0.1, 0.15) is 48.3 Å². The lowest BCUT2D eigenvalue weighted by molar-refractivity contribution is -0.387. The van der Waals surface area contributed by atoms with E-state index in [9.17, 15) is 14.9 Å². The van der Waals surface area contributed by atoms with Crippen molar-refractivity contribution in [3.8, 4) is 0 Å². The molecule has 1 saturated carbocycles. The maximum Gasteiger partial charge on any atom is 0.283 e. The molecule has 0 N–H and O–H groups in total. The van der Waals surface area contributed by atoms with E-state index in [-0.39, 0.29) is 22.4 Å². The number of para-hydroxylation sites is 1. The highest BCUT2D eigenvalue weighted by Gasteiger charge is 2.27. The fraction of sp³-hybridized carbons (Fsp3) is 0.444. The molecule has 0 aliphatic heterocycles. The normalized spacial score (nSPS) is 15.3. The number of hydrogen-bond donors (Lipinski definition) is 0. The molecule has 2 aromatic rings. The molecule has 7 heteroatoms. The molecular formula is C18H21N3O3S. The molecule has 0 spiro atoms. The molecular weight excluding hydrogens is 338 g/mol. The summed E-state index contributed by atoms with van der Waals surface area (Å²) in [4.78, 5) is 25.0. The molecule has 0 radical (unpaired) electrons. The number of rotatable bonds is 4. The van der Waals surface area contributed by atoms with Crippen molar-refractivity contribution in [1.29, 1.82) is 0 Å². The summed E-state index contributed by atoms with van der Waals surface area (Å²) in [6.45, 7) is 3.70. The van der Waals surface area contributed by atoms with E-state index in [2.05, 4.69) is 5.10 Å². The maximum absolute atomic E-state index is 12.8. The van der Waals surface area contributed by atoms with Gasteiger partial charge in [-0.1, -0.05) is 43.2 Å². The van der Waals surface area contributed by atoms with Crippen LogP contribution in [-0.2, 0) is 0 Å². The van der Waals surface area contributed by atoms with Crippen LogP contribution in [0, 0.1) is 29.9 Å². The molecule has 132 valence electrons. The summed E-state index contributed by atoms with van der Waals surface area (Å²) >= 11 is 1.30. The van der Waals surface area contributed by atoms with E-state index in [4.69, 9.17) is 0 Å². The van der Waals surface area contributed by atoms with Gasteiger partial charge in [-0.05, 0) is 32.8 Å². The lowest BCUT2D eigenvalue weighted by atomic mass is 9.89. The van der Waals surface area contributed by atoms with E-state index in [0.717, 1.165) is 42.0 Å². The van der Waals surface area contributed by atoms with Crippen LogP contribution in [0.25, 0.3) is 0 Å². The SMILES string of the molecule is Cc1nn(C(=O)C2CCCCC2)c(C)c1Sc1ccccc1[N+](=O)[O-]. The number of aryl methyl sites for hydroxylation is 1. The molecule has 0 bridgehead atoms. The van der Waals surface area contributed by atoms with E-state index >= 15 is 0 Å². The Bertz CT molecular complexity index is 810. The number of benzene rings is 1. The fourth-order valence-corrected chi connectivity index (χ4v) is 4.35. The van der Waals surface area contributed by atoms with Crippen molar-refractivity contribution in [2.45, 2.75) is 55.7 Å². The quantitative estimate of drug-likeness (QED) is 0.580. The Morgan fingerprint density at radius 1 is 1.24 bits per heavy atom. The number of aromatic nitrogens is 2. The van der Waals surface area contributed by atoms with Gasteiger partial charge in [-0.15, -0.1) is 0 Å². The van der Waals surface area contributed by atoms with E-state index in [1.54, 1.807) is 18.2 Å². The Kier molecular flexibility index (Phi) is 5.22. The van der Waals surface area contributed by atoms with Crippen LogP contribution in [0.15, 0.2) is 34.1 Å². The molecule has 0 saturated heterocycles. The third-order valence-corrected chi connectivity index (χ3v) is 6.02. The predicted molar refractivity (Wildman–Crippen MR) is 96.1 cm³/mol. The van der Waals surface area contributed by atoms with E-state index in [1.807, 2.05) is 13.8 Å². The third-order valence-electron chi connectivity index (χ3n) is 4.66. The number of carbonyl (C=O) groups excluding carboxylic acids is 1. The van der Waals surface area contributed by atoms with Crippen LogP contribution < -0.4 is 0 Å². The Morgan fingerprint density at radius 2 is 1.92 bits per heavy atom. The number of nitro benzene ring substituents is 1. The van der Waals surface area contributed by atoms with Crippen LogP contribution in [-0.4, -0.2) is 20.6 Å². The van der Waals surface area contributed by atoms with Gasteiger partial charge in [0.05, 0.1) is 26.1 Å². The molecule has 6 nitrogen and oxygen atoms in total. The minimum atomic E-state index is -0.384. The van der Waals surface area contributed by atoms with Crippen LogP contribution in [0.2, 0.25) is 0 Å². The molecule has 1 aliphatic rings. The summed E-state index contributed by atoms with van der Waals surface area (Å²) in [5, 5.41) is 15.7. The Hall–Kier alpha value is -2.15. The first-order valence-corrected chi connectivity index (χ1v) is 9.32. The topological polar surface area (TPSA) is 78.0 Å². The molecule has 1 aromatic heterocycles. The van der Waals surface area contributed by atoms with Gasteiger partial charge in [-0.3, -0.25) is 14.9 Å². The molecule has 1 fully saturated rings. The van der Waals surface area contributed by atoms with Crippen molar-refractivity contribution in [3.05, 3.63) is 45.8 Å². The van der Waals surface area contributed by atoms with Crippen molar-refractivity contribution < 1.29 is 9.72 Å². The van der Waals surface area contributed by atoms with Crippen molar-refractivity contribution >= 4 is 23.4 Å². The standard InChI is InChI=1S/C18H21N3O3S/c1-12-17(25-16-11-7-6-10-15(16)21(23)24)13(2)20(19-12)18(22)14-8-4-3-5-9-14/h6-7,10-11,14H,3-5,8-9H2,1-2H3. The fourth-order valence-electron chi connectivity index (χ4n) is 3.32. The van der Waals surface area contributed by atoms with Crippen LogP contribution in [0.5, 0.6) is 0 Å². The summed E-state index contributed by atoms with van der Waals surface area (Å²) in [5.41, 5.74) is 1.55. The van der Waals surface area contributed by atoms with Crippen LogP contribution in [0.3, 0.4) is 0 Å². The minimum absolute atomic E-state index is 0.0376. The molecule has 0 amide bonds. The summed E-state index contributed by atoms with van der Waals surface area (Å²) in [6.07, 6.45) is 5.22. The van der Waals surface area contributed by atoms with E-state index in [0.29, 0.717) is 4.90 Å². The van der Waals surface area contributed by atoms with Gasteiger partial charge in [-0.25, -0.2) is 4.68 Å². The monoisotopic (exact) mass is 359 g/mol. The van der Waals surface area contributed by atoms with Gasteiger partial charge in [0.15, 0.2) is 0 Å². The molecule has 0 atom stereocenters. The highest BCUT2D eigenvalue weighted by molar-refractivity contribution is 7.99. The number of nitro groups is 1. The molecule has 1 aromatic carbocycles. The largest absolute Gasteiger partial charge is 0.283 e. The summed E-state index contributed by atoms with van der Waals surface area (Å²) in [6, 6.07) is 6.64.